The minimum atomic E-state index is -3.32. The van der Waals surface area contributed by atoms with Crippen LogP contribution in [-0.2, 0) is 24.3 Å². The second-order valence-corrected chi connectivity index (χ2v) is 7.19. The van der Waals surface area contributed by atoms with Crippen molar-refractivity contribution in [3.05, 3.63) is 0 Å². The van der Waals surface area contributed by atoms with Crippen LogP contribution >= 0.6 is 0 Å². The zero-order chi connectivity index (χ0) is 16.4. The van der Waals surface area contributed by atoms with Gasteiger partial charge in [0, 0.05) is 52.8 Å². The first-order chi connectivity index (χ1) is 10.4. The minimum absolute atomic E-state index is 0.140. The Hall–Kier alpha value is -0.740. The molecule has 1 amide bonds. The van der Waals surface area contributed by atoms with Crippen LogP contribution in [0, 0.1) is 0 Å². The van der Waals surface area contributed by atoms with E-state index in [2.05, 4.69) is 10.2 Å². The van der Waals surface area contributed by atoms with Gasteiger partial charge < -0.3 is 14.8 Å². The smallest absolute Gasteiger partial charge is 0.221 e. The van der Waals surface area contributed by atoms with E-state index in [4.69, 9.17) is 9.47 Å². The van der Waals surface area contributed by atoms with Crippen LogP contribution < -0.4 is 5.32 Å². The monoisotopic (exact) mass is 337 g/mol. The van der Waals surface area contributed by atoms with Crippen LogP contribution in [0.25, 0.3) is 0 Å². The molecule has 130 valence electrons. The van der Waals surface area contributed by atoms with Gasteiger partial charge >= 0.3 is 0 Å². The lowest BCUT2D eigenvalue weighted by Crippen LogP contribution is -2.42. The van der Waals surface area contributed by atoms with E-state index in [1.165, 1.54) is 11.4 Å². The van der Waals surface area contributed by atoms with Crippen molar-refractivity contribution in [2.75, 3.05) is 72.5 Å². The molecule has 1 saturated heterocycles. The molecule has 0 atom stereocenters. The number of morpholine rings is 1. The van der Waals surface area contributed by atoms with Gasteiger partial charge in [-0.1, -0.05) is 0 Å². The Balaban J connectivity index is 2.22. The molecule has 22 heavy (non-hydrogen) atoms. The Morgan fingerprint density at radius 1 is 1.32 bits per heavy atom. The standard InChI is InChI=1S/C13H27N3O5S/c1-20-10-9-16(22(2,18)19)5-3-13(17)14-4-6-15-7-11-21-12-8-15/h3-12H2,1-2H3,(H,14,17). The molecule has 0 spiro atoms. The van der Waals surface area contributed by atoms with Gasteiger partial charge in [-0.3, -0.25) is 9.69 Å². The predicted molar refractivity (Wildman–Crippen MR) is 83.2 cm³/mol. The second-order valence-electron chi connectivity index (χ2n) is 5.21. The summed E-state index contributed by atoms with van der Waals surface area (Å²) in [5.41, 5.74) is 0. The van der Waals surface area contributed by atoms with Crippen LogP contribution in [0.1, 0.15) is 6.42 Å². The quantitative estimate of drug-likeness (QED) is 0.535. The summed E-state index contributed by atoms with van der Waals surface area (Å²) in [6.45, 7) is 5.33. The van der Waals surface area contributed by atoms with Crippen LogP contribution in [0.5, 0.6) is 0 Å². The van der Waals surface area contributed by atoms with E-state index in [9.17, 15) is 13.2 Å². The number of carbonyl (C=O) groups excluding carboxylic acids is 1. The summed E-state index contributed by atoms with van der Waals surface area (Å²) in [7, 11) is -1.81. The molecule has 0 radical (unpaired) electrons. The average Bonchev–Trinajstić information content (AvgIpc) is 2.47. The summed E-state index contributed by atoms with van der Waals surface area (Å²) in [6, 6.07) is 0. The van der Waals surface area contributed by atoms with E-state index in [-0.39, 0.29) is 25.4 Å². The third-order valence-electron chi connectivity index (χ3n) is 3.46. The number of carbonyl (C=O) groups is 1. The minimum Gasteiger partial charge on any atom is -0.383 e. The predicted octanol–water partition coefficient (Wildman–Crippen LogP) is -1.27. The highest BCUT2D eigenvalue weighted by Gasteiger charge is 2.17. The van der Waals surface area contributed by atoms with Crippen molar-refractivity contribution in [1.29, 1.82) is 0 Å². The molecule has 1 N–H and O–H groups in total. The maximum absolute atomic E-state index is 11.8. The summed E-state index contributed by atoms with van der Waals surface area (Å²) in [6.07, 6.45) is 1.29. The van der Waals surface area contributed by atoms with Crippen LogP contribution in [0.2, 0.25) is 0 Å². The number of nitrogens with zero attached hydrogens (tertiary/aromatic N) is 2. The summed E-state index contributed by atoms with van der Waals surface area (Å²) in [4.78, 5) is 14.0. The number of hydrogen-bond donors (Lipinski definition) is 1. The zero-order valence-corrected chi connectivity index (χ0v) is 14.2. The third-order valence-corrected chi connectivity index (χ3v) is 4.76. The normalized spacial score (nSPS) is 16.9. The van der Waals surface area contributed by atoms with Crippen LogP contribution in [0.4, 0.5) is 0 Å². The molecule has 1 rings (SSSR count). The molecular weight excluding hydrogens is 310 g/mol. The molecule has 9 heteroatoms. The second kappa shape index (κ2) is 10.1. The molecule has 0 unspecified atom stereocenters. The van der Waals surface area contributed by atoms with Crippen molar-refractivity contribution in [2.45, 2.75) is 6.42 Å². The molecule has 0 aromatic carbocycles. The highest BCUT2D eigenvalue weighted by atomic mass is 32.2. The van der Waals surface area contributed by atoms with Crippen molar-refractivity contribution in [2.24, 2.45) is 0 Å². The van der Waals surface area contributed by atoms with Gasteiger partial charge in [-0.05, 0) is 0 Å². The Morgan fingerprint density at radius 3 is 2.59 bits per heavy atom. The number of hydrogen-bond acceptors (Lipinski definition) is 6. The first-order valence-corrected chi connectivity index (χ1v) is 9.29. The lowest BCUT2D eigenvalue weighted by Gasteiger charge is -2.26. The number of ether oxygens (including phenoxy) is 2. The van der Waals surface area contributed by atoms with Crippen molar-refractivity contribution >= 4 is 15.9 Å². The molecule has 1 aliphatic rings. The fraction of sp³-hybridized carbons (Fsp3) is 0.923. The Bertz CT molecular complexity index is 423. The summed E-state index contributed by atoms with van der Waals surface area (Å²) in [5, 5.41) is 2.82. The first-order valence-electron chi connectivity index (χ1n) is 7.44. The van der Waals surface area contributed by atoms with Crippen LogP contribution in [0.3, 0.4) is 0 Å². The van der Waals surface area contributed by atoms with E-state index in [1.54, 1.807) is 0 Å². The van der Waals surface area contributed by atoms with Gasteiger partial charge in [-0.2, -0.15) is 4.31 Å². The van der Waals surface area contributed by atoms with Gasteiger partial charge in [-0.25, -0.2) is 8.42 Å². The summed E-state index contributed by atoms with van der Waals surface area (Å²) < 4.78 is 34.6. The van der Waals surface area contributed by atoms with Gasteiger partial charge in [0.05, 0.1) is 26.1 Å². The largest absolute Gasteiger partial charge is 0.383 e. The zero-order valence-electron chi connectivity index (χ0n) is 13.4. The summed E-state index contributed by atoms with van der Waals surface area (Å²) >= 11 is 0. The number of sulfonamides is 1. The molecule has 0 aliphatic carbocycles. The molecule has 1 fully saturated rings. The highest BCUT2D eigenvalue weighted by Crippen LogP contribution is 2.00. The van der Waals surface area contributed by atoms with E-state index < -0.39 is 10.0 Å². The summed E-state index contributed by atoms with van der Waals surface area (Å²) in [5.74, 6) is -0.140. The maximum atomic E-state index is 11.8. The fourth-order valence-corrected chi connectivity index (χ4v) is 2.96. The van der Waals surface area contributed by atoms with Crippen molar-refractivity contribution in [3.63, 3.8) is 0 Å². The van der Waals surface area contributed by atoms with Crippen LogP contribution in [-0.4, -0.2) is 96.0 Å². The van der Waals surface area contributed by atoms with E-state index in [0.29, 0.717) is 13.2 Å². The van der Waals surface area contributed by atoms with Gasteiger partial charge in [0.25, 0.3) is 0 Å². The van der Waals surface area contributed by atoms with Crippen molar-refractivity contribution in [3.8, 4) is 0 Å². The Morgan fingerprint density at radius 2 is 2.00 bits per heavy atom. The topological polar surface area (TPSA) is 88.2 Å². The van der Waals surface area contributed by atoms with Gasteiger partial charge in [-0.15, -0.1) is 0 Å². The fourth-order valence-electron chi connectivity index (χ4n) is 2.13. The molecular formula is C13H27N3O5S. The lowest BCUT2D eigenvalue weighted by atomic mass is 10.3. The first kappa shape index (κ1) is 19.3. The van der Waals surface area contributed by atoms with Gasteiger partial charge in [0.2, 0.25) is 15.9 Å². The van der Waals surface area contributed by atoms with Gasteiger partial charge in [0.15, 0.2) is 0 Å². The Kier molecular flexibility index (Phi) is 8.88. The maximum Gasteiger partial charge on any atom is 0.221 e. The van der Waals surface area contributed by atoms with E-state index >= 15 is 0 Å². The van der Waals surface area contributed by atoms with E-state index in [1.807, 2.05) is 0 Å². The number of rotatable bonds is 10. The van der Waals surface area contributed by atoms with Crippen LogP contribution in [0.15, 0.2) is 0 Å². The number of amides is 1. The average molecular weight is 337 g/mol. The molecule has 1 aliphatic heterocycles. The van der Waals surface area contributed by atoms with Crippen molar-refractivity contribution in [1.82, 2.24) is 14.5 Å². The third kappa shape index (κ3) is 8.04. The SMILES string of the molecule is COCCN(CCC(=O)NCCN1CCOCC1)S(C)(=O)=O. The van der Waals surface area contributed by atoms with Crippen molar-refractivity contribution < 1.29 is 22.7 Å². The highest BCUT2D eigenvalue weighted by molar-refractivity contribution is 7.88. The molecule has 0 aromatic rings. The molecule has 8 nitrogen and oxygen atoms in total. The molecule has 0 bridgehead atoms. The Labute approximate surface area is 132 Å². The van der Waals surface area contributed by atoms with E-state index in [0.717, 1.165) is 39.1 Å². The number of nitrogens with one attached hydrogen (secondary N) is 1. The molecule has 0 saturated carbocycles. The number of methoxy groups -OCH3 is 1. The molecule has 0 aromatic heterocycles. The lowest BCUT2D eigenvalue weighted by molar-refractivity contribution is -0.121. The van der Waals surface area contributed by atoms with Gasteiger partial charge in [0.1, 0.15) is 0 Å². The molecule has 1 heterocycles.